The lowest BCUT2D eigenvalue weighted by atomic mass is 9.98. The van der Waals surface area contributed by atoms with Crippen molar-refractivity contribution in [3.8, 4) is 11.1 Å². The fourth-order valence-corrected chi connectivity index (χ4v) is 3.95. The summed E-state index contributed by atoms with van der Waals surface area (Å²) >= 11 is 0. The molecule has 31 heavy (non-hydrogen) atoms. The Morgan fingerprint density at radius 2 is 1.68 bits per heavy atom. The summed E-state index contributed by atoms with van der Waals surface area (Å²) in [7, 11) is 0. The summed E-state index contributed by atoms with van der Waals surface area (Å²) in [6.07, 6.45) is 0.645. The number of fused-ring (bicyclic) bond motifs is 3. The molecular formula is C24H21FN2O4. The van der Waals surface area contributed by atoms with E-state index < -0.39 is 24.1 Å². The number of carbonyl (C=O) groups is 2. The molecule has 0 saturated carbocycles. The van der Waals surface area contributed by atoms with Crippen molar-refractivity contribution in [3.63, 3.8) is 0 Å². The quantitative estimate of drug-likeness (QED) is 0.561. The van der Waals surface area contributed by atoms with E-state index in [1.807, 2.05) is 48.5 Å². The molecule has 158 valence electrons. The zero-order chi connectivity index (χ0) is 21.8. The molecule has 1 aromatic heterocycles. The van der Waals surface area contributed by atoms with Crippen LogP contribution in [0.3, 0.4) is 0 Å². The summed E-state index contributed by atoms with van der Waals surface area (Å²) in [5.74, 6) is -1.98. The van der Waals surface area contributed by atoms with Crippen molar-refractivity contribution in [1.29, 1.82) is 0 Å². The topological polar surface area (TPSA) is 88.5 Å². The van der Waals surface area contributed by atoms with Crippen LogP contribution in [0.1, 0.15) is 29.0 Å². The Kier molecular flexibility index (Phi) is 5.93. The summed E-state index contributed by atoms with van der Waals surface area (Å²) in [5.41, 5.74) is 4.64. The Hall–Kier alpha value is -3.74. The lowest BCUT2D eigenvalue weighted by molar-refractivity contribution is -0.139. The number of aryl methyl sites for hydroxylation is 1. The molecule has 7 heteroatoms. The molecule has 1 aliphatic rings. The smallest absolute Gasteiger partial charge is 0.407 e. The zero-order valence-corrected chi connectivity index (χ0v) is 16.6. The number of aliphatic carboxylic acids is 1. The third-order valence-electron chi connectivity index (χ3n) is 5.47. The van der Waals surface area contributed by atoms with Crippen LogP contribution in [-0.4, -0.2) is 34.8 Å². The Labute approximate surface area is 178 Å². The lowest BCUT2D eigenvalue weighted by Gasteiger charge is -2.17. The van der Waals surface area contributed by atoms with Gasteiger partial charge in [-0.05, 0) is 41.2 Å². The van der Waals surface area contributed by atoms with Gasteiger partial charge in [0.25, 0.3) is 0 Å². The largest absolute Gasteiger partial charge is 0.480 e. The van der Waals surface area contributed by atoms with Crippen LogP contribution in [-0.2, 0) is 16.0 Å². The maximum atomic E-state index is 13.7. The Morgan fingerprint density at radius 1 is 1.03 bits per heavy atom. The van der Waals surface area contributed by atoms with E-state index in [1.54, 1.807) is 6.07 Å². The van der Waals surface area contributed by atoms with Gasteiger partial charge in [0.15, 0.2) is 0 Å². The first-order valence-electron chi connectivity index (χ1n) is 9.98. The highest BCUT2D eigenvalue weighted by Crippen LogP contribution is 2.44. The molecule has 0 spiro atoms. The number of alkyl carbamates (subject to hydrolysis) is 1. The molecule has 0 aliphatic heterocycles. The molecule has 0 fully saturated rings. The van der Waals surface area contributed by atoms with E-state index in [-0.39, 0.29) is 25.4 Å². The zero-order valence-electron chi connectivity index (χ0n) is 16.6. The van der Waals surface area contributed by atoms with Crippen LogP contribution in [0, 0.1) is 5.95 Å². The molecule has 2 aromatic carbocycles. The number of benzene rings is 2. The summed E-state index contributed by atoms with van der Waals surface area (Å²) < 4.78 is 19.1. The monoisotopic (exact) mass is 420 g/mol. The SMILES string of the molecule is O=C(N[C@H](CCc1cccnc1F)C(=O)O)OCC1c2ccccc2-c2ccccc21. The molecular weight excluding hydrogens is 399 g/mol. The molecule has 0 saturated heterocycles. The van der Waals surface area contributed by atoms with Crippen LogP contribution in [0.25, 0.3) is 11.1 Å². The number of halogens is 1. The number of amides is 1. The number of carboxylic acids is 1. The first-order valence-corrected chi connectivity index (χ1v) is 9.98. The first-order chi connectivity index (χ1) is 15.0. The van der Waals surface area contributed by atoms with Gasteiger partial charge in [0.1, 0.15) is 12.6 Å². The molecule has 0 unspecified atom stereocenters. The maximum Gasteiger partial charge on any atom is 0.407 e. The Bertz CT molecular complexity index is 1070. The van der Waals surface area contributed by atoms with Crippen molar-refractivity contribution in [2.45, 2.75) is 24.8 Å². The van der Waals surface area contributed by atoms with E-state index in [9.17, 15) is 19.1 Å². The predicted octanol–water partition coefficient (Wildman–Crippen LogP) is 4.15. The van der Waals surface area contributed by atoms with Crippen molar-refractivity contribution in [2.75, 3.05) is 6.61 Å². The molecule has 0 radical (unpaired) electrons. The highest BCUT2D eigenvalue weighted by atomic mass is 19.1. The average Bonchev–Trinajstić information content (AvgIpc) is 3.10. The number of pyridine rings is 1. The Balaban J connectivity index is 1.39. The van der Waals surface area contributed by atoms with E-state index in [0.717, 1.165) is 22.3 Å². The van der Waals surface area contributed by atoms with Crippen LogP contribution in [0.2, 0.25) is 0 Å². The fourth-order valence-electron chi connectivity index (χ4n) is 3.95. The normalized spacial score (nSPS) is 13.2. The Morgan fingerprint density at radius 3 is 2.29 bits per heavy atom. The summed E-state index contributed by atoms with van der Waals surface area (Å²) in [4.78, 5) is 27.4. The van der Waals surface area contributed by atoms with Crippen molar-refractivity contribution in [2.24, 2.45) is 0 Å². The molecule has 1 aliphatic carbocycles. The van der Waals surface area contributed by atoms with Gasteiger partial charge in [-0.1, -0.05) is 54.6 Å². The summed E-state index contributed by atoms with van der Waals surface area (Å²) in [5, 5.41) is 11.8. The van der Waals surface area contributed by atoms with E-state index in [2.05, 4.69) is 10.3 Å². The lowest BCUT2D eigenvalue weighted by Crippen LogP contribution is -2.41. The predicted molar refractivity (Wildman–Crippen MR) is 112 cm³/mol. The molecule has 3 aromatic rings. The van der Waals surface area contributed by atoms with Gasteiger partial charge in [-0.25, -0.2) is 14.6 Å². The second kappa shape index (κ2) is 8.95. The van der Waals surface area contributed by atoms with Gasteiger partial charge in [-0.15, -0.1) is 0 Å². The minimum atomic E-state index is -1.21. The van der Waals surface area contributed by atoms with Crippen LogP contribution in [0.15, 0.2) is 66.9 Å². The van der Waals surface area contributed by atoms with E-state index in [4.69, 9.17) is 4.74 Å². The van der Waals surface area contributed by atoms with Crippen molar-refractivity contribution >= 4 is 12.1 Å². The number of carbonyl (C=O) groups excluding carboxylic acids is 1. The molecule has 4 rings (SSSR count). The number of aromatic nitrogens is 1. The first kappa shape index (κ1) is 20.5. The molecule has 1 heterocycles. The van der Waals surface area contributed by atoms with Gasteiger partial charge in [-0.3, -0.25) is 0 Å². The number of nitrogens with zero attached hydrogens (tertiary/aromatic N) is 1. The van der Waals surface area contributed by atoms with Crippen LogP contribution < -0.4 is 5.32 Å². The van der Waals surface area contributed by atoms with Crippen molar-refractivity contribution in [3.05, 3.63) is 89.5 Å². The number of hydrogen-bond donors (Lipinski definition) is 2. The van der Waals surface area contributed by atoms with Crippen molar-refractivity contribution in [1.82, 2.24) is 10.3 Å². The highest BCUT2D eigenvalue weighted by Gasteiger charge is 2.29. The van der Waals surface area contributed by atoms with Crippen LogP contribution in [0.5, 0.6) is 0 Å². The van der Waals surface area contributed by atoms with E-state index in [1.165, 1.54) is 12.3 Å². The van der Waals surface area contributed by atoms with Gasteiger partial charge in [0.2, 0.25) is 5.95 Å². The fraction of sp³-hybridized carbons (Fsp3) is 0.208. The van der Waals surface area contributed by atoms with Crippen LogP contribution >= 0.6 is 0 Å². The molecule has 2 N–H and O–H groups in total. The average molecular weight is 420 g/mol. The number of ether oxygens (including phenoxy) is 1. The van der Waals surface area contributed by atoms with Crippen molar-refractivity contribution < 1.29 is 23.8 Å². The number of rotatable bonds is 7. The molecule has 1 atom stereocenters. The number of nitrogens with one attached hydrogen (secondary N) is 1. The number of hydrogen-bond acceptors (Lipinski definition) is 4. The molecule has 1 amide bonds. The summed E-state index contributed by atoms with van der Waals surface area (Å²) in [6, 6.07) is 17.8. The van der Waals surface area contributed by atoms with Gasteiger partial charge in [-0.2, -0.15) is 4.39 Å². The summed E-state index contributed by atoms with van der Waals surface area (Å²) in [6.45, 7) is 0.0867. The van der Waals surface area contributed by atoms with Gasteiger partial charge >= 0.3 is 12.1 Å². The van der Waals surface area contributed by atoms with Gasteiger partial charge < -0.3 is 15.2 Å². The maximum absolute atomic E-state index is 13.7. The van der Waals surface area contributed by atoms with Gasteiger partial charge in [0.05, 0.1) is 0 Å². The standard InChI is InChI=1S/C24H21FN2O4/c25-22-15(6-5-13-26-22)11-12-21(23(28)29)27-24(30)31-14-20-18-9-3-1-7-16(18)17-8-2-4-10-19(17)20/h1-10,13,20-21H,11-12,14H2,(H,27,30)(H,28,29)/t21-/m1/s1. The van der Waals surface area contributed by atoms with E-state index in [0.29, 0.717) is 5.56 Å². The third kappa shape index (κ3) is 4.40. The molecule has 6 nitrogen and oxygen atoms in total. The second-order valence-corrected chi connectivity index (χ2v) is 7.35. The van der Waals surface area contributed by atoms with Crippen LogP contribution in [0.4, 0.5) is 9.18 Å². The molecule has 0 bridgehead atoms. The number of carboxylic acid groups (broad SMARTS) is 1. The van der Waals surface area contributed by atoms with E-state index >= 15 is 0 Å². The minimum absolute atomic E-state index is 0.0160. The third-order valence-corrected chi connectivity index (χ3v) is 5.47. The second-order valence-electron chi connectivity index (χ2n) is 7.35. The minimum Gasteiger partial charge on any atom is -0.480 e. The highest BCUT2D eigenvalue weighted by molar-refractivity contribution is 5.81. The van der Waals surface area contributed by atoms with Gasteiger partial charge in [0, 0.05) is 17.7 Å².